The van der Waals surface area contributed by atoms with Crippen LogP contribution in [0.25, 0.3) is 0 Å². The Balaban J connectivity index is 1.81. The van der Waals surface area contributed by atoms with Gasteiger partial charge >= 0.3 is 0 Å². The van der Waals surface area contributed by atoms with Gasteiger partial charge in [-0.1, -0.05) is 19.3 Å². The lowest BCUT2D eigenvalue weighted by Crippen LogP contribution is -2.37. The monoisotopic (exact) mass is 281 g/mol. The quantitative estimate of drug-likeness (QED) is 0.848. The smallest absolute Gasteiger partial charge is 0.227 e. The Kier molecular flexibility index (Phi) is 4.90. The second-order valence-electron chi connectivity index (χ2n) is 4.86. The zero-order valence-corrected chi connectivity index (χ0v) is 11.5. The minimum Gasteiger partial charge on any atom is -0.550 e. The summed E-state index contributed by atoms with van der Waals surface area (Å²) in [4.78, 5) is 26.4. The van der Waals surface area contributed by atoms with E-state index in [1.54, 1.807) is 5.38 Å². The summed E-state index contributed by atoms with van der Waals surface area (Å²) in [6.45, 7) is 0. The molecule has 0 aromatic carbocycles. The minimum absolute atomic E-state index is 0.0266. The molecule has 0 atom stereocenters. The number of nitrogens with one attached hydrogen (secondary N) is 1. The fraction of sp³-hybridized carbons (Fsp3) is 0.615. The highest BCUT2D eigenvalue weighted by Crippen LogP contribution is 2.18. The number of thiazole rings is 1. The van der Waals surface area contributed by atoms with Crippen LogP contribution in [0.4, 0.5) is 0 Å². The van der Waals surface area contributed by atoms with Crippen molar-refractivity contribution in [3.05, 3.63) is 16.1 Å². The summed E-state index contributed by atoms with van der Waals surface area (Å²) >= 11 is 1.32. The second-order valence-corrected chi connectivity index (χ2v) is 5.80. The standard InChI is InChI=1S/C13H18N2O3S/c16-11(14-9-4-2-1-3-5-9)7-12-15-10(8-19-12)6-13(17)18/h8-9H,1-7H2,(H,14,16)(H,17,18)/p-1. The van der Waals surface area contributed by atoms with E-state index < -0.39 is 5.97 Å². The zero-order chi connectivity index (χ0) is 13.7. The predicted octanol–water partition coefficient (Wildman–Crippen LogP) is 0.427. The molecule has 0 radical (unpaired) electrons. The summed E-state index contributed by atoms with van der Waals surface area (Å²) < 4.78 is 0. The molecule has 2 rings (SSSR count). The third kappa shape index (κ3) is 4.63. The minimum atomic E-state index is -1.15. The summed E-state index contributed by atoms with van der Waals surface area (Å²) in [6, 6.07) is 0.295. The summed E-state index contributed by atoms with van der Waals surface area (Å²) in [5.74, 6) is -1.18. The summed E-state index contributed by atoms with van der Waals surface area (Å²) in [7, 11) is 0. The van der Waals surface area contributed by atoms with E-state index in [9.17, 15) is 14.7 Å². The zero-order valence-electron chi connectivity index (χ0n) is 10.7. The fourth-order valence-corrected chi connectivity index (χ4v) is 3.11. The van der Waals surface area contributed by atoms with E-state index in [1.165, 1.54) is 30.6 Å². The maximum atomic E-state index is 11.8. The van der Waals surface area contributed by atoms with Crippen molar-refractivity contribution < 1.29 is 14.7 Å². The van der Waals surface area contributed by atoms with Crippen LogP contribution in [0.1, 0.15) is 42.8 Å². The Morgan fingerprint density at radius 2 is 2.05 bits per heavy atom. The first-order valence-corrected chi connectivity index (χ1v) is 7.44. The van der Waals surface area contributed by atoms with Gasteiger partial charge in [-0.15, -0.1) is 11.3 Å². The van der Waals surface area contributed by atoms with Gasteiger partial charge in [-0.25, -0.2) is 4.98 Å². The number of aromatic nitrogens is 1. The molecule has 1 fully saturated rings. The number of nitrogens with zero attached hydrogens (tertiary/aromatic N) is 1. The molecule has 0 aliphatic heterocycles. The number of hydrogen-bond acceptors (Lipinski definition) is 5. The fourth-order valence-electron chi connectivity index (χ4n) is 2.32. The van der Waals surface area contributed by atoms with Gasteiger partial charge in [0.25, 0.3) is 0 Å². The van der Waals surface area contributed by atoms with Crippen LogP contribution in [0.5, 0.6) is 0 Å². The van der Waals surface area contributed by atoms with Gasteiger partial charge in [-0.3, -0.25) is 4.79 Å². The SMILES string of the molecule is O=C([O-])Cc1csc(CC(=O)NC2CCCCC2)n1. The van der Waals surface area contributed by atoms with Crippen molar-refractivity contribution in [1.29, 1.82) is 0 Å². The van der Waals surface area contributed by atoms with Gasteiger partial charge < -0.3 is 15.2 Å². The van der Waals surface area contributed by atoms with E-state index in [0.717, 1.165) is 12.8 Å². The molecule has 1 saturated carbocycles. The van der Waals surface area contributed by atoms with Crippen LogP contribution in [0.2, 0.25) is 0 Å². The molecule has 5 nitrogen and oxygen atoms in total. The van der Waals surface area contributed by atoms with Gasteiger partial charge in [0.15, 0.2) is 0 Å². The maximum Gasteiger partial charge on any atom is 0.227 e. The number of aliphatic carboxylic acids is 1. The Morgan fingerprint density at radius 1 is 1.32 bits per heavy atom. The number of rotatable bonds is 5. The third-order valence-corrected chi connectivity index (χ3v) is 4.10. The second kappa shape index (κ2) is 6.65. The van der Waals surface area contributed by atoms with Gasteiger partial charge in [0.1, 0.15) is 5.01 Å². The average Bonchev–Trinajstić information content (AvgIpc) is 2.76. The van der Waals surface area contributed by atoms with Gasteiger partial charge in [-0.05, 0) is 12.8 Å². The number of hydrogen-bond donors (Lipinski definition) is 1. The Labute approximate surface area is 116 Å². The number of carboxylic acids is 1. The van der Waals surface area contributed by atoms with E-state index in [4.69, 9.17) is 0 Å². The van der Waals surface area contributed by atoms with Gasteiger partial charge in [0.2, 0.25) is 5.91 Å². The summed E-state index contributed by atoms with van der Waals surface area (Å²) in [5.41, 5.74) is 0.463. The van der Waals surface area contributed by atoms with Crippen LogP contribution < -0.4 is 10.4 Å². The van der Waals surface area contributed by atoms with E-state index in [-0.39, 0.29) is 18.7 Å². The molecule has 1 N–H and O–H groups in total. The van der Waals surface area contributed by atoms with Crippen LogP contribution >= 0.6 is 11.3 Å². The molecule has 0 spiro atoms. The Morgan fingerprint density at radius 3 is 2.74 bits per heavy atom. The van der Waals surface area contributed by atoms with Gasteiger partial charge in [0.05, 0.1) is 12.1 Å². The van der Waals surface area contributed by atoms with Crippen LogP contribution in [0.3, 0.4) is 0 Å². The van der Waals surface area contributed by atoms with E-state index >= 15 is 0 Å². The predicted molar refractivity (Wildman–Crippen MR) is 69.5 cm³/mol. The first kappa shape index (κ1) is 14.0. The average molecular weight is 281 g/mol. The third-order valence-electron chi connectivity index (χ3n) is 3.21. The first-order chi connectivity index (χ1) is 9.13. The number of carbonyl (C=O) groups excluding carboxylic acids is 2. The van der Waals surface area contributed by atoms with Crippen molar-refractivity contribution in [2.75, 3.05) is 0 Å². The van der Waals surface area contributed by atoms with E-state index in [1.807, 2.05) is 0 Å². The molecule has 1 aromatic rings. The molecular weight excluding hydrogens is 264 g/mol. The molecule has 1 aliphatic carbocycles. The molecule has 0 unspecified atom stereocenters. The van der Waals surface area contributed by atoms with Crippen LogP contribution in [0.15, 0.2) is 5.38 Å². The molecule has 104 valence electrons. The largest absolute Gasteiger partial charge is 0.550 e. The molecule has 0 saturated heterocycles. The van der Waals surface area contributed by atoms with Gasteiger partial charge in [-0.2, -0.15) is 0 Å². The molecule has 1 amide bonds. The lowest BCUT2D eigenvalue weighted by Gasteiger charge is -2.22. The number of carbonyl (C=O) groups is 2. The molecule has 19 heavy (non-hydrogen) atoms. The molecule has 0 bridgehead atoms. The van der Waals surface area contributed by atoms with E-state index in [0.29, 0.717) is 16.7 Å². The number of carboxylic acid groups (broad SMARTS) is 1. The van der Waals surface area contributed by atoms with Crippen molar-refractivity contribution in [1.82, 2.24) is 10.3 Å². The van der Waals surface area contributed by atoms with Crippen LogP contribution in [-0.4, -0.2) is 22.9 Å². The van der Waals surface area contributed by atoms with Crippen LogP contribution in [-0.2, 0) is 22.4 Å². The van der Waals surface area contributed by atoms with Crippen molar-refractivity contribution in [2.45, 2.75) is 51.0 Å². The highest BCUT2D eigenvalue weighted by atomic mass is 32.1. The summed E-state index contributed by atoms with van der Waals surface area (Å²) in [6.07, 6.45) is 5.76. The summed E-state index contributed by atoms with van der Waals surface area (Å²) in [5, 5.41) is 15.8. The highest BCUT2D eigenvalue weighted by molar-refractivity contribution is 7.09. The highest BCUT2D eigenvalue weighted by Gasteiger charge is 2.16. The van der Waals surface area contributed by atoms with Gasteiger partial charge in [0, 0.05) is 23.8 Å². The van der Waals surface area contributed by atoms with Crippen molar-refractivity contribution in [2.24, 2.45) is 0 Å². The molecular formula is C13H17N2O3S-. The lowest BCUT2D eigenvalue weighted by molar-refractivity contribution is -0.304. The van der Waals surface area contributed by atoms with Crippen molar-refractivity contribution >= 4 is 23.2 Å². The molecule has 1 heterocycles. The molecule has 1 aromatic heterocycles. The topological polar surface area (TPSA) is 82.1 Å². The lowest BCUT2D eigenvalue weighted by atomic mass is 9.95. The first-order valence-electron chi connectivity index (χ1n) is 6.56. The maximum absolute atomic E-state index is 11.8. The van der Waals surface area contributed by atoms with Crippen molar-refractivity contribution in [3.8, 4) is 0 Å². The normalized spacial score (nSPS) is 16.2. The Bertz CT molecular complexity index is 452. The van der Waals surface area contributed by atoms with Crippen molar-refractivity contribution in [3.63, 3.8) is 0 Å². The number of amides is 1. The van der Waals surface area contributed by atoms with E-state index in [2.05, 4.69) is 10.3 Å². The van der Waals surface area contributed by atoms with Crippen LogP contribution in [0, 0.1) is 0 Å². The Hall–Kier alpha value is -1.43. The molecule has 1 aliphatic rings. The molecule has 6 heteroatoms.